The van der Waals surface area contributed by atoms with Gasteiger partial charge in [0.05, 0.1) is 37.1 Å². The van der Waals surface area contributed by atoms with Gasteiger partial charge >= 0.3 is 17.9 Å². The van der Waals surface area contributed by atoms with Gasteiger partial charge in [-0.25, -0.2) is 0 Å². The van der Waals surface area contributed by atoms with Gasteiger partial charge in [-0.1, -0.05) is 12.2 Å². The molecule has 0 aromatic rings. The highest BCUT2D eigenvalue weighted by molar-refractivity contribution is 5.87. The van der Waals surface area contributed by atoms with Gasteiger partial charge in [-0.3, -0.25) is 14.4 Å². The molecule has 0 radical (unpaired) electrons. The number of aliphatic hydroxyl groups is 1. The number of allylic oxidation sites excluding steroid dienone is 1. The number of carbonyl (C=O) groups excluding carboxylic acids is 2. The maximum Gasteiger partial charge on any atom is 0.314 e. The van der Waals surface area contributed by atoms with Crippen LogP contribution in [0, 0.1) is 39.9 Å². The van der Waals surface area contributed by atoms with E-state index >= 15 is 0 Å². The van der Waals surface area contributed by atoms with E-state index < -0.39 is 52.1 Å². The minimum Gasteiger partial charge on any atom is -0.481 e. The molecule has 0 aliphatic heterocycles. The molecule has 0 aromatic carbocycles. The van der Waals surface area contributed by atoms with Gasteiger partial charge in [-0.05, 0) is 62.7 Å². The number of ether oxygens (including phenoxy) is 2. The van der Waals surface area contributed by atoms with E-state index in [1.807, 2.05) is 0 Å². The molecule has 7 nitrogen and oxygen atoms in total. The number of rotatable bonds is 3. The van der Waals surface area contributed by atoms with E-state index in [0.717, 1.165) is 12.0 Å². The predicted molar refractivity (Wildman–Crippen MR) is 101 cm³/mol. The van der Waals surface area contributed by atoms with Crippen molar-refractivity contribution in [1.29, 1.82) is 0 Å². The van der Waals surface area contributed by atoms with Crippen LogP contribution in [0.3, 0.4) is 0 Å². The number of esters is 2. The normalized spacial score (nSPS) is 47.9. The molecule has 4 aliphatic rings. The molecule has 4 rings (SSSR count). The van der Waals surface area contributed by atoms with Gasteiger partial charge in [0.2, 0.25) is 0 Å². The Bertz CT molecular complexity index is 790. The van der Waals surface area contributed by atoms with Crippen LogP contribution in [0.2, 0.25) is 0 Å². The van der Waals surface area contributed by atoms with Crippen molar-refractivity contribution in [2.45, 2.75) is 51.6 Å². The Hall–Kier alpha value is -1.89. The lowest BCUT2D eigenvalue weighted by Crippen LogP contribution is -2.60. The average molecular weight is 406 g/mol. The summed E-state index contributed by atoms with van der Waals surface area (Å²) in [5.41, 5.74) is -2.33. The van der Waals surface area contributed by atoms with Gasteiger partial charge in [-0.15, -0.1) is 0 Å². The fourth-order valence-corrected chi connectivity index (χ4v) is 8.00. The van der Waals surface area contributed by atoms with E-state index in [1.165, 1.54) is 14.2 Å². The molecule has 8 atom stereocenters. The largest absolute Gasteiger partial charge is 0.481 e. The minimum atomic E-state index is -1.50. The Morgan fingerprint density at radius 3 is 2.41 bits per heavy atom. The fraction of sp³-hybridized carbons (Fsp3) is 0.773. The monoisotopic (exact) mass is 406 g/mol. The van der Waals surface area contributed by atoms with Crippen LogP contribution in [0.15, 0.2) is 12.2 Å². The first-order valence-corrected chi connectivity index (χ1v) is 10.4. The van der Waals surface area contributed by atoms with E-state index in [4.69, 9.17) is 9.47 Å². The summed E-state index contributed by atoms with van der Waals surface area (Å²) in [6.45, 7) is 5.78. The molecule has 0 saturated heterocycles. The molecule has 7 heteroatoms. The third-order valence-electron chi connectivity index (χ3n) is 9.04. The van der Waals surface area contributed by atoms with Gasteiger partial charge in [0.25, 0.3) is 0 Å². The number of methoxy groups -OCH3 is 2. The Balaban J connectivity index is 2.02. The van der Waals surface area contributed by atoms with Crippen molar-refractivity contribution in [3.8, 4) is 0 Å². The smallest absolute Gasteiger partial charge is 0.314 e. The SMILES string of the molecule is C=C1C[C@]23C[C@H]1CCC2[C@]1(C(=O)O)CC[C@H](O)[C@@](C)(C(=O)OC)C1C3C(=O)OC. The van der Waals surface area contributed by atoms with Gasteiger partial charge in [0.15, 0.2) is 0 Å². The second-order valence-electron chi connectivity index (χ2n) is 9.75. The maximum absolute atomic E-state index is 13.2. The van der Waals surface area contributed by atoms with Crippen LogP contribution < -0.4 is 0 Å². The minimum absolute atomic E-state index is 0.180. The van der Waals surface area contributed by atoms with E-state index in [0.29, 0.717) is 19.3 Å². The summed E-state index contributed by atoms with van der Waals surface area (Å²) in [4.78, 5) is 39.1. The molecule has 29 heavy (non-hydrogen) atoms. The van der Waals surface area contributed by atoms with Crippen molar-refractivity contribution in [3.63, 3.8) is 0 Å². The van der Waals surface area contributed by atoms with E-state index in [9.17, 15) is 24.6 Å². The number of fused-ring (bicyclic) bond motifs is 3. The molecule has 1 spiro atoms. The number of carboxylic acids is 1. The molecule has 2 N–H and O–H groups in total. The standard InChI is InChI=1S/C22H30O7/c1-11-9-21-10-12(11)5-6-13(21)22(18(25)26)8-7-14(23)20(2,19(27)29-4)16(22)15(21)17(24)28-3/h12-16,23H,1,5-10H2,2-4H3,(H,25,26)/t12-,13?,14+,15?,16?,20-,21+,22-/m1/s1. The summed E-state index contributed by atoms with van der Waals surface area (Å²) in [6.07, 6.45) is 2.11. The summed E-state index contributed by atoms with van der Waals surface area (Å²) in [5, 5.41) is 21.5. The quantitative estimate of drug-likeness (QED) is 0.546. The molecule has 4 saturated carbocycles. The third kappa shape index (κ3) is 2.20. The fourth-order valence-electron chi connectivity index (χ4n) is 8.00. The first-order chi connectivity index (χ1) is 13.6. The van der Waals surface area contributed by atoms with E-state index in [1.54, 1.807) is 6.92 Å². The summed E-state index contributed by atoms with van der Waals surface area (Å²) in [7, 11) is 2.53. The van der Waals surface area contributed by atoms with Crippen LogP contribution >= 0.6 is 0 Å². The lowest BCUT2D eigenvalue weighted by atomic mass is 9.51. The molecular formula is C22H30O7. The number of carboxylic acid groups (broad SMARTS) is 1. The highest BCUT2D eigenvalue weighted by Crippen LogP contribution is 2.77. The van der Waals surface area contributed by atoms with E-state index in [2.05, 4.69) is 6.58 Å². The second kappa shape index (κ2) is 6.30. The molecule has 0 heterocycles. The highest BCUT2D eigenvalue weighted by Gasteiger charge is 2.80. The molecular weight excluding hydrogens is 376 g/mol. The van der Waals surface area contributed by atoms with Crippen LogP contribution in [0.1, 0.15) is 45.4 Å². The number of aliphatic hydroxyl groups excluding tert-OH is 1. The number of hydrogen-bond donors (Lipinski definition) is 2. The second-order valence-corrected chi connectivity index (χ2v) is 9.75. The van der Waals surface area contributed by atoms with Crippen molar-refractivity contribution >= 4 is 17.9 Å². The van der Waals surface area contributed by atoms with Crippen molar-refractivity contribution in [2.24, 2.45) is 39.9 Å². The zero-order valence-corrected chi connectivity index (χ0v) is 17.3. The zero-order valence-electron chi connectivity index (χ0n) is 17.3. The summed E-state index contributed by atoms with van der Waals surface area (Å²) < 4.78 is 10.2. The van der Waals surface area contributed by atoms with Crippen LogP contribution in [-0.2, 0) is 23.9 Å². The first kappa shape index (κ1) is 20.4. The highest BCUT2D eigenvalue weighted by atomic mass is 16.5. The summed E-state index contributed by atoms with van der Waals surface area (Å²) >= 11 is 0. The Kier molecular flexibility index (Phi) is 4.43. The van der Waals surface area contributed by atoms with Gasteiger partial charge in [-0.2, -0.15) is 0 Å². The molecule has 4 fully saturated rings. The van der Waals surface area contributed by atoms with Crippen LogP contribution in [-0.4, -0.2) is 48.4 Å². The lowest BCUT2D eigenvalue weighted by Gasteiger charge is -2.51. The molecule has 2 bridgehead atoms. The number of aliphatic carboxylic acids is 1. The lowest BCUT2D eigenvalue weighted by molar-refractivity contribution is -0.194. The first-order valence-electron chi connectivity index (χ1n) is 10.4. The summed E-state index contributed by atoms with van der Waals surface area (Å²) in [5.74, 6) is -3.86. The predicted octanol–water partition coefficient (Wildman–Crippen LogP) is 2.17. The molecule has 3 unspecified atom stereocenters. The Morgan fingerprint density at radius 2 is 1.83 bits per heavy atom. The van der Waals surface area contributed by atoms with Crippen molar-refractivity contribution in [1.82, 2.24) is 0 Å². The van der Waals surface area contributed by atoms with Crippen molar-refractivity contribution in [3.05, 3.63) is 12.2 Å². The van der Waals surface area contributed by atoms with Crippen LogP contribution in [0.4, 0.5) is 0 Å². The average Bonchev–Trinajstić information content (AvgIpc) is 3.11. The Labute approximate surface area is 170 Å². The topological polar surface area (TPSA) is 110 Å². The molecule has 0 aromatic heterocycles. The molecule has 4 aliphatic carbocycles. The third-order valence-corrected chi connectivity index (χ3v) is 9.04. The van der Waals surface area contributed by atoms with Crippen molar-refractivity contribution < 1.29 is 34.1 Å². The summed E-state index contributed by atoms with van der Waals surface area (Å²) in [6, 6.07) is 0. The zero-order chi connectivity index (χ0) is 21.4. The number of carbonyl (C=O) groups is 3. The van der Waals surface area contributed by atoms with Gasteiger partial charge in [0, 0.05) is 5.92 Å². The molecule has 160 valence electrons. The number of hydrogen-bond acceptors (Lipinski definition) is 6. The van der Waals surface area contributed by atoms with Crippen LogP contribution in [0.5, 0.6) is 0 Å². The molecule has 0 amide bonds. The maximum atomic E-state index is 13.2. The van der Waals surface area contributed by atoms with E-state index in [-0.39, 0.29) is 24.7 Å². The van der Waals surface area contributed by atoms with Crippen LogP contribution in [0.25, 0.3) is 0 Å². The Morgan fingerprint density at radius 1 is 1.14 bits per heavy atom. The van der Waals surface area contributed by atoms with Crippen molar-refractivity contribution in [2.75, 3.05) is 14.2 Å². The van der Waals surface area contributed by atoms with Gasteiger partial charge < -0.3 is 19.7 Å². The van der Waals surface area contributed by atoms with Gasteiger partial charge in [0.1, 0.15) is 0 Å².